The monoisotopic (exact) mass is 332 g/mol. The number of nitrogens with one attached hydrogen (secondary N) is 2. The summed E-state index contributed by atoms with van der Waals surface area (Å²) in [7, 11) is 4.93. The van der Waals surface area contributed by atoms with Crippen molar-refractivity contribution in [2.75, 3.05) is 45.1 Å². The second kappa shape index (κ2) is 8.93. The molecule has 2 rings (SSSR count). The third kappa shape index (κ3) is 4.99. The number of nitrogens with zero attached hydrogens (tertiary/aromatic N) is 2. The van der Waals surface area contributed by atoms with E-state index in [1.807, 2.05) is 31.2 Å². The number of hydrogen-bond acceptors (Lipinski definition) is 7. The minimum Gasteiger partial charge on any atom is -0.497 e. The summed E-state index contributed by atoms with van der Waals surface area (Å²) >= 11 is 0. The van der Waals surface area contributed by atoms with E-state index in [1.54, 1.807) is 21.3 Å². The van der Waals surface area contributed by atoms with Crippen LogP contribution in [0.3, 0.4) is 0 Å². The highest BCUT2D eigenvalue weighted by molar-refractivity contribution is 5.66. The summed E-state index contributed by atoms with van der Waals surface area (Å²) in [6.07, 6.45) is 0.892. The Hall–Kier alpha value is -2.54. The molecule has 0 atom stereocenters. The summed E-state index contributed by atoms with van der Waals surface area (Å²) in [5, 5.41) is 6.46. The Morgan fingerprint density at radius 3 is 2.58 bits per heavy atom. The average molecular weight is 332 g/mol. The van der Waals surface area contributed by atoms with Crippen LogP contribution in [0.5, 0.6) is 11.5 Å². The summed E-state index contributed by atoms with van der Waals surface area (Å²) in [6.45, 7) is 3.38. The van der Waals surface area contributed by atoms with Crippen molar-refractivity contribution < 1.29 is 14.2 Å². The zero-order valence-electron chi connectivity index (χ0n) is 14.5. The summed E-state index contributed by atoms with van der Waals surface area (Å²) in [4.78, 5) is 8.87. The van der Waals surface area contributed by atoms with Crippen LogP contribution in [0, 0.1) is 6.92 Å². The normalized spacial score (nSPS) is 10.3. The van der Waals surface area contributed by atoms with Crippen molar-refractivity contribution in [3.63, 3.8) is 0 Å². The van der Waals surface area contributed by atoms with Gasteiger partial charge in [-0.2, -0.15) is 4.98 Å². The predicted octanol–water partition coefficient (Wildman–Crippen LogP) is 2.99. The van der Waals surface area contributed by atoms with Crippen molar-refractivity contribution in [1.29, 1.82) is 0 Å². The lowest BCUT2D eigenvalue weighted by Gasteiger charge is -2.13. The second-order valence-electron chi connectivity index (χ2n) is 5.18. The molecule has 1 heterocycles. The SMILES string of the molecule is COCCCNc1nc(C)cc(Nc2ccc(OC)cc2OC)n1. The molecule has 1 aromatic carbocycles. The maximum Gasteiger partial charge on any atom is 0.224 e. The molecule has 0 saturated heterocycles. The minimum absolute atomic E-state index is 0.584. The van der Waals surface area contributed by atoms with Gasteiger partial charge in [0.15, 0.2) is 0 Å². The van der Waals surface area contributed by atoms with Crippen LogP contribution in [-0.4, -0.2) is 44.4 Å². The lowest BCUT2D eigenvalue weighted by molar-refractivity contribution is 0.197. The number of anilines is 3. The van der Waals surface area contributed by atoms with Crippen LogP contribution >= 0.6 is 0 Å². The first-order valence-corrected chi connectivity index (χ1v) is 7.74. The van der Waals surface area contributed by atoms with E-state index >= 15 is 0 Å². The number of ether oxygens (including phenoxy) is 3. The molecule has 0 unspecified atom stereocenters. The Morgan fingerprint density at radius 1 is 1.04 bits per heavy atom. The van der Waals surface area contributed by atoms with E-state index < -0.39 is 0 Å². The van der Waals surface area contributed by atoms with Gasteiger partial charge in [0.1, 0.15) is 17.3 Å². The van der Waals surface area contributed by atoms with E-state index in [0.717, 1.165) is 30.1 Å². The van der Waals surface area contributed by atoms with E-state index in [9.17, 15) is 0 Å². The van der Waals surface area contributed by atoms with Crippen LogP contribution in [0.4, 0.5) is 17.5 Å². The summed E-state index contributed by atoms with van der Waals surface area (Å²) in [5.41, 5.74) is 1.68. The molecule has 24 heavy (non-hydrogen) atoms. The van der Waals surface area contributed by atoms with Crippen LogP contribution in [-0.2, 0) is 4.74 Å². The molecule has 1 aromatic heterocycles. The van der Waals surface area contributed by atoms with Gasteiger partial charge in [-0.25, -0.2) is 4.98 Å². The van der Waals surface area contributed by atoms with E-state index in [0.29, 0.717) is 24.1 Å². The van der Waals surface area contributed by atoms with Gasteiger partial charge in [0.25, 0.3) is 0 Å². The fraction of sp³-hybridized carbons (Fsp3) is 0.412. The zero-order valence-corrected chi connectivity index (χ0v) is 14.5. The molecule has 7 nitrogen and oxygen atoms in total. The smallest absolute Gasteiger partial charge is 0.224 e. The highest BCUT2D eigenvalue weighted by atomic mass is 16.5. The number of methoxy groups -OCH3 is 3. The maximum absolute atomic E-state index is 5.40. The number of aryl methyl sites for hydroxylation is 1. The van der Waals surface area contributed by atoms with Crippen LogP contribution in [0.1, 0.15) is 12.1 Å². The van der Waals surface area contributed by atoms with Crippen molar-refractivity contribution in [3.8, 4) is 11.5 Å². The highest BCUT2D eigenvalue weighted by Gasteiger charge is 2.08. The largest absolute Gasteiger partial charge is 0.497 e. The molecular formula is C17H24N4O3. The van der Waals surface area contributed by atoms with E-state index in [4.69, 9.17) is 14.2 Å². The average Bonchev–Trinajstić information content (AvgIpc) is 2.58. The molecular weight excluding hydrogens is 308 g/mol. The van der Waals surface area contributed by atoms with Crippen molar-refractivity contribution in [2.45, 2.75) is 13.3 Å². The summed E-state index contributed by atoms with van der Waals surface area (Å²) < 4.78 is 15.6. The van der Waals surface area contributed by atoms with Gasteiger partial charge >= 0.3 is 0 Å². The molecule has 0 fully saturated rings. The van der Waals surface area contributed by atoms with Gasteiger partial charge in [-0.3, -0.25) is 0 Å². The van der Waals surface area contributed by atoms with Crippen molar-refractivity contribution in [3.05, 3.63) is 30.0 Å². The Labute approximate surface area is 142 Å². The number of hydrogen-bond donors (Lipinski definition) is 2. The molecule has 0 saturated carbocycles. The first kappa shape index (κ1) is 17.8. The molecule has 0 aliphatic heterocycles. The molecule has 2 N–H and O–H groups in total. The maximum atomic E-state index is 5.40. The number of benzene rings is 1. The molecule has 130 valence electrons. The van der Waals surface area contributed by atoms with Crippen LogP contribution in [0.25, 0.3) is 0 Å². The van der Waals surface area contributed by atoms with Crippen LogP contribution < -0.4 is 20.1 Å². The number of aromatic nitrogens is 2. The van der Waals surface area contributed by atoms with Crippen molar-refractivity contribution >= 4 is 17.5 Å². The van der Waals surface area contributed by atoms with E-state index in [1.165, 1.54) is 0 Å². The van der Waals surface area contributed by atoms with Gasteiger partial charge in [0.05, 0.1) is 19.9 Å². The third-order valence-electron chi connectivity index (χ3n) is 3.33. The van der Waals surface area contributed by atoms with Gasteiger partial charge in [0.2, 0.25) is 5.95 Å². The summed E-state index contributed by atoms with van der Waals surface area (Å²) in [5.74, 6) is 2.69. The molecule has 0 bridgehead atoms. The fourth-order valence-electron chi connectivity index (χ4n) is 2.17. The predicted molar refractivity (Wildman–Crippen MR) is 94.6 cm³/mol. The highest BCUT2D eigenvalue weighted by Crippen LogP contribution is 2.31. The molecule has 2 aromatic rings. The lowest BCUT2D eigenvalue weighted by Crippen LogP contribution is -2.09. The first-order chi connectivity index (χ1) is 11.7. The van der Waals surface area contributed by atoms with Gasteiger partial charge in [0, 0.05) is 38.1 Å². The molecule has 0 spiro atoms. The Bertz CT molecular complexity index is 664. The Balaban J connectivity index is 2.13. The van der Waals surface area contributed by atoms with Crippen molar-refractivity contribution in [1.82, 2.24) is 9.97 Å². The molecule has 7 heteroatoms. The molecule has 0 amide bonds. The standard InChI is InChI=1S/C17H24N4O3/c1-12-10-16(21-17(19-12)18-8-5-9-22-2)20-14-7-6-13(23-3)11-15(14)24-4/h6-7,10-11H,5,8-9H2,1-4H3,(H2,18,19,20,21). The minimum atomic E-state index is 0.584. The van der Waals surface area contributed by atoms with Gasteiger partial charge in [-0.05, 0) is 25.5 Å². The number of rotatable bonds is 9. The molecule has 0 radical (unpaired) electrons. The Kier molecular flexibility index (Phi) is 6.62. The summed E-state index contributed by atoms with van der Waals surface area (Å²) in [6, 6.07) is 7.45. The van der Waals surface area contributed by atoms with Crippen LogP contribution in [0.15, 0.2) is 24.3 Å². The zero-order chi connectivity index (χ0) is 17.4. The molecule has 0 aliphatic rings. The van der Waals surface area contributed by atoms with Gasteiger partial charge in [-0.15, -0.1) is 0 Å². The molecule has 0 aliphatic carbocycles. The third-order valence-corrected chi connectivity index (χ3v) is 3.33. The van der Waals surface area contributed by atoms with E-state index in [-0.39, 0.29) is 0 Å². The van der Waals surface area contributed by atoms with Crippen LogP contribution in [0.2, 0.25) is 0 Å². The topological polar surface area (TPSA) is 77.5 Å². The van der Waals surface area contributed by atoms with Gasteiger partial charge in [-0.1, -0.05) is 0 Å². The van der Waals surface area contributed by atoms with Gasteiger partial charge < -0.3 is 24.8 Å². The Morgan fingerprint density at radius 2 is 1.88 bits per heavy atom. The lowest BCUT2D eigenvalue weighted by atomic mass is 10.2. The van der Waals surface area contributed by atoms with Crippen molar-refractivity contribution in [2.24, 2.45) is 0 Å². The quantitative estimate of drug-likeness (QED) is 0.684. The van der Waals surface area contributed by atoms with E-state index in [2.05, 4.69) is 20.6 Å². The first-order valence-electron chi connectivity index (χ1n) is 7.74. The fourth-order valence-corrected chi connectivity index (χ4v) is 2.17. The second-order valence-corrected chi connectivity index (χ2v) is 5.18.